The summed E-state index contributed by atoms with van der Waals surface area (Å²) in [5, 5.41) is 2.55. The first-order chi connectivity index (χ1) is 6.50. The summed E-state index contributed by atoms with van der Waals surface area (Å²) in [7, 11) is 0. The molecule has 0 aromatic heterocycles. The fourth-order valence-electron chi connectivity index (χ4n) is 0.830. The second-order valence-corrected chi connectivity index (χ2v) is 3.76. The average Bonchev–Trinajstić information content (AvgIpc) is 2.11. The molecule has 1 aromatic carbocycles. The molecule has 0 aliphatic heterocycles. The third-order valence-corrected chi connectivity index (χ3v) is 2.21. The van der Waals surface area contributed by atoms with E-state index in [1.54, 1.807) is 6.92 Å². The van der Waals surface area contributed by atoms with Gasteiger partial charge in [0, 0.05) is 5.69 Å². The number of amides is 1. The molecule has 0 fully saturated rings. The quantitative estimate of drug-likeness (QED) is 0.853. The number of anilines is 1. The van der Waals surface area contributed by atoms with Gasteiger partial charge in [-0.25, -0.2) is 4.39 Å². The van der Waals surface area contributed by atoms with Crippen molar-refractivity contribution in [3.63, 3.8) is 0 Å². The minimum Gasteiger partial charge on any atom is -0.325 e. The highest BCUT2D eigenvalue weighted by Crippen LogP contribution is 2.19. The van der Waals surface area contributed by atoms with E-state index >= 15 is 0 Å². The van der Waals surface area contributed by atoms with Crippen LogP contribution < -0.4 is 11.1 Å². The van der Waals surface area contributed by atoms with Crippen molar-refractivity contribution in [1.29, 1.82) is 0 Å². The molecule has 0 aliphatic rings. The largest absolute Gasteiger partial charge is 0.325 e. The number of carbonyl (C=O) groups excluding carboxylic acids is 1. The standard InChI is InChI=1S/C9H10BrFN2O/c1-5(12)9(14)13-6-2-3-8(11)7(10)4-6/h2-5H,12H2,1H3,(H,13,14)/t5-/m0/s1. The van der Waals surface area contributed by atoms with E-state index in [4.69, 9.17) is 5.73 Å². The van der Waals surface area contributed by atoms with Gasteiger partial charge in [0.2, 0.25) is 5.91 Å². The van der Waals surface area contributed by atoms with Crippen LogP contribution in [-0.4, -0.2) is 11.9 Å². The highest BCUT2D eigenvalue weighted by molar-refractivity contribution is 9.10. The molecular formula is C9H10BrFN2O. The van der Waals surface area contributed by atoms with Crippen LogP contribution in [0.25, 0.3) is 0 Å². The minimum atomic E-state index is -0.584. The Morgan fingerprint density at radius 1 is 1.64 bits per heavy atom. The first-order valence-corrected chi connectivity index (χ1v) is 4.81. The first kappa shape index (κ1) is 11.1. The fourth-order valence-corrected chi connectivity index (χ4v) is 1.21. The number of hydrogen-bond donors (Lipinski definition) is 2. The van der Waals surface area contributed by atoms with Crippen molar-refractivity contribution in [3.05, 3.63) is 28.5 Å². The molecule has 0 saturated heterocycles. The lowest BCUT2D eigenvalue weighted by molar-refractivity contribution is -0.117. The van der Waals surface area contributed by atoms with Gasteiger partial charge in [-0.2, -0.15) is 0 Å². The van der Waals surface area contributed by atoms with E-state index in [1.807, 2.05) is 0 Å². The van der Waals surface area contributed by atoms with Crippen LogP contribution in [0.1, 0.15) is 6.92 Å². The van der Waals surface area contributed by atoms with Gasteiger partial charge < -0.3 is 11.1 Å². The van der Waals surface area contributed by atoms with Crippen LogP contribution >= 0.6 is 15.9 Å². The maximum absolute atomic E-state index is 12.8. The molecular weight excluding hydrogens is 251 g/mol. The van der Waals surface area contributed by atoms with Crippen molar-refractivity contribution in [3.8, 4) is 0 Å². The molecule has 0 unspecified atom stereocenters. The molecule has 3 N–H and O–H groups in total. The zero-order valence-corrected chi connectivity index (χ0v) is 9.14. The van der Waals surface area contributed by atoms with Crippen molar-refractivity contribution >= 4 is 27.5 Å². The molecule has 1 atom stereocenters. The zero-order chi connectivity index (χ0) is 10.7. The van der Waals surface area contributed by atoms with Gasteiger partial charge in [0.15, 0.2) is 0 Å². The highest BCUT2D eigenvalue weighted by Gasteiger charge is 2.08. The van der Waals surface area contributed by atoms with Gasteiger partial charge >= 0.3 is 0 Å². The summed E-state index contributed by atoms with van der Waals surface area (Å²) in [6.45, 7) is 1.58. The number of carbonyl (C=O) groups is 1. The first-order valence-electron chi connectivity index (χ1n) is 4.02. The number of rotatable bonds is 2. The summed E-state index contributed by atoms with van der Waals surface area (Å²) in [4.78, 5) is 11.2. The van der Waals surface area contributed by atoms with Gasteiger partial charge in [0.05, 0.1) is 10.5 Å². The number of halogens is 2. The molecule has 0 heterocycles. The summed E-state index contributed by atoms with van der Waals surface area (Å²) in [6, 6.07) is 3.63. The van der Waals surface area contributed by atoms with Gasteiger partial charge in [-0.1, -0.05) is 0 Å². The molecule has 1 amide bonds. The monoisotopic (exact) mass is 260 g/mol. The molecule has 1 rings (SSSR count). The Kier molecular flexibility index (Phi) is 3.60. The van der Waals surface area contributed by atoms with Gasteiger partial charge in [0.25, 0.3) is 0 Å². The average molecular weight is 261 g/mol. The number of benzene rings is 1. The zero-order valence-electron chi connectivity index (χ0n) is 7.55. The lowest BCUT2D eigenvalue weighted by atomic mass is 10.3. The van der Waals surface area contributed by atoms with Crippen molar-refractivity contribution < 1.29 is 9.18 Å². The van der Waals surface area contributed by atoms with Crippen molar-refractivity contribution in [2.45, 2.75) is 13.0 Å². The SMILES string of the molecule is C[C@H](N)C(=O)Nc1ccc(F)c(Br)c1. The van der Waals surface area contributed by atoms with E-state index in [1.165, 1.54) is 18.2 Å². The second kappa shape index (κ2) is 4.52. The second-order valence-electron chi connectivity index (χ2n) is 2.91. The fraction of sp³-hybridized carbons (Fsp3) is 0.222. The van der Waals surface area contributed by atoms with Gasteiger partial charge in [-0.15, -0.1) is 0 Å². The highest BCUT2D eigenvalue weighted by atomic mass is 79.9. The topological polar surface area (TPSA) is 55.1 Å². The van der Waals surface area contributed by atoms with E-state index in [2.05, 4.69) is 21.2 Å². The number of nitrogens with one attached hydrogen (secondary N) is 1. The van der Waals surface area contributed by atoms with Crippen LogP contribution in [-0.2, 0) is 4.79 Å². The Morgan fingerprint density at radius 2 is 2.29 bits per heavy atom. The number of hydrogen-bond acceptors (Lipinski definition) is 2. The van der Waals surface area contributed by atoms with E-state index < -0.39 is 6.04 Å². The van der Waals surface area contributed by atoms with Crippen molar-refractivity contribution in [2.75, 3.05) is 5.32 Å². The van der Waals surface area contributed by atoms with Crippen molar-refractivity contribution in [2.24, 2.45) is 5.73 Å². The van der Waals surface area contributed by atoms with E-state index in [-0.39, 0.29) is 11.7 Å². The van der Waals surface area contributed by atoms with E-state index in [9.17, 15) is 9.18 Å². The summed E-state index contributed by atoms with van der Waals surface area (Å²) < 4.78 is 13.1. The summed E-state index contributed by atoms with van der Waals surface area (Å²) in [5.41, 5.74) is 5.87. The molecule has 0 spiro atoms. The lowest BCUT2D eigenvalue weighted by Gasteiger charge is -2.07. The normalized spacial score (nSPS) is 12.3. The molecule has 0 aliphatic carbocycles. The summed E-state index contributed by atoms with van der Waals surface area (Å²) in [5.74, 6) is -0.674. The predicted molar refractivity (Wildman–Crippen MR) is 56.4 cm³/mol. The Balaban J connectivity index is 2.78. The van der Waals surface area contributed by atoms with Gasteiger partial charge in [-0.05, 0) is 41.1 Å². The summed E-state index contributed by atoms with van der Waals surface area (Å²) >= 11 is 3.02. The summed E-state index contributed by atoms with van der Waals surface area (Å²) in [6.07, 6.45) is 0. The minimum absolute atomic E-state index is 0.302. The third-order valence-electron chi connectivity index (χ3n) is 1.60. The smallest absolute Gasteiger partial charge is 0.240 e. The molecule has 3 nitrogen and oxygen atoms in total. The maximum atomic E-state index is 12.8. The van der Waals surface area contributed by atoms with Gasteiger partial charge in [0.1, 0.15) is 5.82 Å². The maximum Gasteiger partial charge on any atom is 0.240 e. The number of nitrogens with two attached hydrogens (primary N) is 1. The van der Waals surface area contributed by atoms with Crippen LogP contribution in [0.4, 0.5) is 10.1 Å². The molecule has 76 valence electrons. The third kappa shape index (κ3) is 2.78. The Bertz CT molecular complexity index is 355. The van der Waals surface area contributed by atoms with Crippen LogP contribution in [0.2, 0.25) is 0 Å². The molecule has 5 heteroatoms. The van der Waals surface area contributed by atoms with Crippen LogP contribution in [0.5, 0.6) is 0 Å². The Hall–Kier alpha value is -0.940. The van der Waals surface area contributed by atoms with E-state index in [0.29, 0.717) is 10.2 Å². The molecule has 0 bridgehead atoms. The lowest BCUT2D eigenvalue weighted by Crippen LogP contribution is -2.32. The van der Waals surface area contributed by atoms with Crippen LogP contribution in [0, 0.1) is 5.82 Å². The molecule has 0 radical (unpaired) electrons. The Labute approximate surface area is 89.6 Å². The van der Waals surface area contributed by atoms with Crippen LogP contribution in [0.3, 0.4) is 0 Å². The molecule has 0 saturated carbocycles. The van der Waals surface area contributed by atoms with E-state index in [0.717, 1.165) is 0 Å². The van der Waals surface area contributed by atoms with Crippen molar-refractivity contribution in [1.82, 2.24) is 0 Å². The predicted octanol–water partition coefficient (Wildman–Crippen LogP) is 1.87. The Morgan fingerprint density at radius 3 is 2.79 bits per heavy atom. The molecule has 1 aromatic rings. The van der Waals surface area contributed by atoms with Gasteiger partial charge in [-0.3, -0.25) is 4.79 Å². The van der Waals surface area contributed by atoms with Crippen LogP contribution in [0.15, 0.2) is 22.7 Å². The molecule has 14 heavy (non-hydrogen) atoms.